The minimum Gasteiger partial charge on any atom is -1.00 e. The van der Waals surface area contributed by atoms with Crippen LogP contribution in [0.4, 0.5) is 0 Å². The van der Waals surface area contributed by atoms with Gasteiger partial charge in [-0.05, 0) is 16.3 Å². The lowest BCUT2D eigenvalue weighted by Crippen LogP contribution is -3.07. The van der Waals surface area contributed by atoms with E-state index in [9.17, 15) is 0 Å². The van der Waals surface area contributed by atoms with Crippen LogP contribution in [0.2, 0.25) is 0 Å². The third-order valence-corrected chi connectivity index (χ3v) is 3.79. The molecule has 0 fully saturated rings. The van der Waals surface area contributed by atoms with Crippen molar-refractivity contribution in [2.24, 2.45) is 0 Å². The smallest absolute Gasteiger partial charge is 0.157 e. The Labute approximate surface area is 131 Å². The lowest BCUT2D eigenvalue weighted by molar-refractivity contribution is -0.846. The average molecular weight is 309 g/mol. The Morgan fingerprint density at radius 2 is 1.90 bits per heavy atom. The van der Waals surface area contributed by atoms with Crippen LogP contribution in [0.25, 0.3) is 10.8 Å². The van der Waals surface area contributed by atoms with Gasteiger partial charge in [-0.1, -0.05) is 42.5 Å². The first-order valence-corrected chi connectivity index (χ1v) is 7.20. The molecule has 1 unspecified atom stereocenters. The third-order valence-electron chi connectivity index (χ3n) is 3.60. The summed E-state index contributed by atoms with van der Waals surface area (Å²) < 4.78 is 0. The van der Waals surface area contributed by atoms with E-state index in [1.54, 1.807) is 0 Å². The number of quaternary nitrogens is 1. The monoisotopic (exact) mass is 308 g/mol. The molecule has 20 heavy (non-hydrogen) atoms. The highest BCUT2D eigenvalue weighted by atomic mass is 35.5. The predicted molar refractivity (Wildman–Crippen MR) is 80.0 cm³/mol. The van der Waals surface area contributed by atoms with Gasteiger partial charge in [-0.25, -0.2) is 0 Å². The third kappa shape index (κ3) is 3.26. The quantitative estimate of drug-likeness (QED) is 0.728. The number of nitrogens with zero attached hydrogens (tertiary/aromatic N) is 1. The summed E-state index contributed by atoms with van der Waals surface area (Å²) in [5, 5.41) is 2.66. The Kier molecular flexibility index (Phi) is 5.30. The van der Waals surface area contributed by atoms with Gasteiger partial charge >= 0.3 is 0 Å². The van der Waals surface area contributed by atoms with E-state index in [2.05, 4.69) is 59.8 Å². The van der Waals surface area contributed by atoms with Crippen LogP contribution in [0.15, 0.2) is 54.9 Å². The maximum absolute atomic E-state index is 5.79. The molecule has 0 spiro atoms. The molecule has 0 aromatic heterocycles. The number of rotatable bonds is 4. The van der Waals surface area contributed by atoms with Crippen molar-refractivity contribution in [3.05, 3.63) is 60.4 Å². The molecule has 0 saturated heterocycles. The van der Waals surface area contributed by atoms with Crippen LogP contribution in [-0.2, 0) is 6.54 Å². The van der Waals surface area contributed by atoms with E-state index in [0.29, 0.717) is 5.88 Å². The summed E-state index contributed by atoms with van der Waals surface area (Å²) in [6.45, 7) is 2.96. The second kappa shape index (κ2) is 6.98. The Balaban J connectivity index is 0.00000147. The summed E-state index contributed by atoms with van der Waals surface area (Å²) in [6, 6.07) is 15.1. The maximum atomic E-state index is 5.79. The molecule has 0 saturated carbocycles. The molecule has 4 heteroatoms. The molecular formula is C16H18Cl2N2. The van der Waals surface area contributed by atoms with Crippen molar-refractivity contribution in [2.75, 3.05) is 19.1 Å². The molecule has 1 heterocycles. The zero-order valence-electron chi connectivity index (χ0n) is 11.2. The van der Waals surface area contributed by atoms with Crippen molar-refractivity contribution in [1.82, 2.24) is 4.90 Å². The van der Waals surface area contributed by atoms with E-state index >= 15 is 0 Å². The van der Waals surface area contributed by atoms with Gasteiger partial charge < -0.3 is 17.3 Å². The topological polar surface area (TPSA) is 7.68 Å². The molecular weight excluding hydrogens is 291 g/mol. The van der Waals surface area contributed by atoms with Gasteiger partial charge in [0, 0.05) is 6.54 Å². The van der Waals surface area contributed by atoms with Gasteiger partial charge in [-0.3, -0.25) is 4.90 Å². The molecule has 0 amide bonds. The lowest BCUT2D eigenvalue weighted by Gasteiger charge is -2.17. The zero-order valence-corrected chi connectivity index (χ0v) is 12.7. The SMILES string of the molecule is ClCC[NH+]1C=CN(Cc2cccc3ccccc23)C1.[Cl-]. The largest absolute Gasteiger partial charge is 1.00 e. The van der Waals surface area contributed by atoms with Crippen LogP contribution in [0.3, 0.4) is 0 Å². The van der Waals surface area contributed by atoms with Crippen molar-refractivity contribution in [1.29, 1.82) is 0 Å². The molecule has 106 valence electrons. The Hall–Kier alpha value is -1.22. The standard InChI is InChI=1S/C16H17ClN2.ClH/c17-8-9-18-10-11-19(13-18)12-15-6-3-5-14-4-1-2-7-16(14)15;/h1-7,10-11H,8-9,12-13H2;1H. The average Bonchev–Trinajstić information content (AvgIpc) is 2.87. The highest BCUT2D eigenvalue weighted by Gasteiger charge is 2.16. The van der Waals surface area contributed by atoms with Gasteiger partial charge in [0.2, 0.25) is 0 Å². The first-order valence-electron chi connectivity index (χ1n) is 6.66. The van der Waals surface area contributed by atoms with Crippen LogP contribution in [0.1, 0.15) is 5.56 Å². The summed E-state index contributed by atoms with van der Waals surface area (Å²) in [7, 11) is 0. The number of halogens is 2. The summed E-state index contributed by atoms with van der Waals surface area (Å²) in [6.07, 6.45) is 4.39. The number of nitrogens with one attached hydrogen (secondary N) is 1. The summed E-state index contributed by atoms with van der Waals surface area (Å²) >= 11 is 5.79. The highest BCUT2D eigenvalue weighted by molar-refractivity contribution is 6.17. The van der Waals surface area contributed by atoms with Gasteiger partial charge in [0.15, 0.2) is 6.67 Å². The highest BCUT2D eigenvalue weighted by Crippen LogP contribution is 2.20. The molecule has 0 radical (unpaired) electrons. The zero-order chi connectivity index (χ0) is 13.1. The molecule has 0 bridgehead atoms. The second-order valence-electron chi connectivity index (χ2n) is 4.96. The van der Waals surface area contributed by atoms with Crippen LogP contribution >= 0.6 is 11.6 Å². The van der Waals surface area contributed by atoms with E-state index in [4.69, 9.17) is 11.6 Å². The van der Waals surface area contributed by atoms with Crippen LogP contribution < -0.4 is 17.3 Å². The molecule has 1 N–H and O–H groups in total. The maximum Gasteiger partial charge on any atom is 0.157 e. The normalized spacial score (nSPS) is 17.4. The second-order valence-corrected chi connectivity index (χ2v) is 5.33. The minimum atomic E-state index is 0. The number of alkyl halides is 1. The van der Waals surface area contributed by atoms with Gasteiger partial charge in [0.1, 0.15) is 6.20 Å². The molecule has 1 atom stereocenters. The summed E-state index contributed by atoms with van der Waals surface area (Å²) in [5.41, 5.74) is 1.38. The fraction of sp³-hybridized carbons (Fsp3) is 0.250. The van der Waals surface area contributed by atoms with Crippen molar-refractivity contribution in [3.63, 3.8) is 0 Å². The summed E-state index contributed by atoms with van der Waals surface area (Å²) in [4.78, 5) is 3.78. The fourth-order valence-corrected chi connectivity index (χ4v) is 2.86. The minimum absolute atomic E-state index is 0. The van der Waals surface area contributed by atoms with E-state index in [0.717, 1.165) is 19.8 Å². The van der Waals surface area contributed by atoms with Crippen molar-refractivity contribution in [2.45, 2.75) is 6.54 Å². The molecule has 2 aromatic carbocycles. The number of benzene rings is 2. The van der Waals surface area contributed by atoms with E-state index in [1.165, 1.54) is 21.2 Å². The van der Waals surface area contributed by atoms with Gasteiger partial charge in [0.25, 0.3) is 0 Å². The molecule has 0 aliphatic carbocycles. The molecule has 2 nitrogen and oxygen atoms in total. The van der Waals surface area contributed by atoms with Crippen molar-refractivity contribution < 1.29 is 17.3 Å². The summed E-state index contributed by atoms with van der Waals surface area (Å²) in [5.74, 6) is 0.710. The van der Waals surface area contributed by atoms with E-state index in [-0.39, 0.29) is 12.4 Å². The van der Waals surface area contributed by atoms with Crippen molar-refractivity contribution in [3.8, 4) is 0 Å². The lowest BCUT2D eigenvalue weighted by atomic mass is 10.0. The van der Waals surface area contributed by atoms with Crippen LogP contribution in [0.5, 0.6) is 0 Å². The van der Waals surface area contributed by atoms with Gasteiger partial charge in [-0.2, -0.15) is 0 Å². The predicted octanol–water partition coefficient (Wildman–Crippen LogP) is -0.788. The van der Waals surface area contributed by atoms with Crippen LogP contribution in [-0.4, -0.2) is 24.0 Å². The van der Waals surface area contributed by atoms with Gasteiger partial charge in [-0.15, -0.1) is 11.6 Å². The first-order chi connectivity index (χ1) is 9.36. The number of fused-ring (bicyclic) bond motifs is 1. The fourth-order valence-electron chi connectivity index (χ4n) is 2.62. The molecule has 1 aliphatic rings. The number of hydrogen-bond acceptors (Lipinski definition) is 1. The number of hydrogen-bond donors (Lipinski definition) is 1. The Morgan fingerprint density at radius 3 is 2.75 bits per heavy atom. The van der Waals surface area contributed by atoms with E-state index < -0.39 is 0 Å². The molecule has 3 rings (SSSR count). The van der Waals surface area contributed by atoms with E-state index in [1.807, 2.05) is 0 Å². The molecule has 1 aliphatic heterocycles. The first kappa shape index (κ1) is 15.2. The van der Waals surface area contributed by atoms with Gasteiger partial charge in [0.05, 0.1) is 18.6 Å². The Bertz CT molecular complexity index is 593. The molecule has 2 aromatic rings. The van der Waals surface area contributed by atoms with Crippen molar-refractivity contribution >= 4 is 22.4 Å². The van der Waals surface area contributed by atoms with Crippen LogP contribution in [0, 0.1) is 0 Å². The Morgan fingerprint density at radius 1 is 1.10 bits per heavy atom.